The summed E-state index contributed by atoms with van der Waals surface area (Å²) < 4.78 is 3.19. The third kappa shape index (κ3) is 3.97. The molecule has 0 bridgehead atoms. The monoisotopic (exact) mass is 440 g/mol. The molecule has 0 spiro atoms. The van der Waals surface area contributed by atoms with Crippen LogP contribution < -0.4 is 5.69 Å². The maximum atomic E-state index is 13.3. The SMILES string of the molecule is Cc1cc(Cc2ccccc2)cc(C2CCN(C(=O)c3ccc4c(c3)n(C)c(=O)n4C)C2)n1. The molecule has 1 fully saturated rings. The smallest absolute Gasteiger partial charge is 0.328 e. The van der Waals surface area contributed by atoms with E-state index in [4.69, 9.17) is 4.98 Å². The number of hydrogen-bond donors (Lipinski definition) is 0. The second kappa shape index (κ2) is 8.35. The Balaban J connectivity index is 1.35. The number of carbonyl (C=O) groups is 1. The van der Waals surface area contributed by atoms with Crippen LogP contribution in [0.4, 0.5) is 0 Å². The summed E-state index contributed by atoms with van der Waals surface area (Å²) in [4.78, 5) is 32.2. The van der Waals surface area contributed by atoms with E-state index in [2.05, 4.69) is 36.4 Å². The first kappa shape index (κ1) is 21.2. The molecule has 1 aliphatic rings. The van der Waals surface area contributed by atoms with Gasteiger partial charge in [-0.05, 0) is 61.2 Å². The van der Waals surface area contributed by atoms with Crippen LogP contribution in [0.2, 0.25) is 0 Å². The van der Waals surface area contributed by atoms with Gasteiger partial charge in [-0.15, -0.1) is 0 Å². The number of benzene rings is 2. The van der Waals surface area contributed by atoms with Crippen LogP contribution in [0.5, 0.6) is 0 Å². The molecule has 1 atom stereocenters. The topological polar surface area (TPSA) is 60.1 Å². The quantitative estimate of drug-likeness (QED) is 0.485. The van der Waals surface area contributed by atoms with E-state index in [9.17, 15) is 9.59 Å². The first-order chi connectivity index (χ1) is 15.9. The molecule has 3 heterocycles. The zero-order valence-electron chi connectivity index (χ0n) is 19.3. The lowest BCUT2D eigenvalue weighted by Gasteiger charge is -2.17. The zero-order valence-corrected chi connectivity index (χ0v) is 19.3. The molecule has 1 amide bonds. The summed E-state index contributed by atoms with van der Waals surface area (Å²) in [6.07, 6.45) is 1.78. The van der Waals surface area contributed by atoms with Gasteiger partial charge in [0.15, 0.2) is 0 Å². The fourth-order valence-electron chi connectivity index (χ4n) is 4.92. The van der Waals surface area contributed by atoms with Gasteiger partial charge in [-0.3, -0.25) is 18.9 Å². The summed E-state index contributed by atoms with van der Waals surface area (Å²) in [5.74, 6) is 0.237. The van der Waals surface area contributed by atoms with Crippen molar-refractivity contribution in [2.45, 2.75) is 25.7 Å². The van der Waals surface area contributed by atoms with Gasteiger partial charge in [-0.1, -0.05) is 30.3 Å². The van der Waals surface area contributed by atoms with Crippen LogP contribution in [0, 0.1) is 6.92 Å². The molecule has 1 unspecified atom stereocenters. The maximum Gasteiger partial charge on any atom is 0.328 e. The molecule has 0 radical (unpaired) electrons. The number of fused-ring (bicyclic) bond motifs is 1. The van der Waals surface area contributed by atoms with E-state index < -0.39 is 0 Å². The van der Waals surface area contributed by atoms with E-state index >= 15 is 0 Å². The van der Waals surface area contributed by atoms with Crippen LogP contribution >= 0.6 is 0 Å². The number of amides is 1. The Kier molecular flexibility index (Phi) is 5.36. The van der Waals surface area contributed by atoms with Crippen LogP contribution in [0.25, 0.3) is 11.0 Å². The second-order valence-electron chi connectivity index (χ2n) is 9.04. The van der Waals surface area contributed by atoms with Gasteiger partial charge in [0.25, 0.3) is 5.91 Å². The number of aryl methyl sites for hydroxylation is 3. The summed E-state index contributed by atoms with van der Waals surface area (Å²) in [6.45, 7) is 3.40. The number of rotatable bonds is 4. The molecular formula is C27H28N4O2. The molecule has 0 aliphatic carbocycles. The lowest BCUT2D eigenvalue weighted by atomic mass is 9.98. The Morgan fingerprint density at radius 3 is 2.52 bits per heavy atom. The summed E-state index contributed by atoms with van der Waals surface area (Å²) in [5, 5.41) is 0. The molecule has 6 nitrogen and oxygen atoms in total. The molecule has 168 valence electrons. The number of hydrogen-bond acceptors (Lipinski definition) is 3. The van der Waals surface area contributed by atoms with Gasteiger partial charge < -0.3 is 4.90 Å². The van der Waals surface area contributed by atoms with Crippen molar-refractivity contribution in [3.63, 3.8) is 0 Å². The van der Waals surface area contributed by atoms with Crippen LogP contribution in [0.3, 0.4) is 0 Å². The Morgan fingerprint density at radius 2 is 1.73 bits per heavy atom. The lowest BCUT2D eigenvalue weighted by molar-refractivity contribution is 0.0791. The molecule has 2 aromatic carbocycles. The van der Waals surface area contributed by atoms with Gasteiger partial charge in [0.1, 0.15) is 0 Å². The standard InChI is InChI=1S/C27H28N4O2/c1-18-13-20(14-19-7-5-4-6-8-19)15-23(28-18)22-11-12-31(17-22)26(32)21-9-10-24-25(16-21)30(3)27(33)29(24)2/h4-10,13,15-16,22H,11-12,14,17H2,1-3H3. The molecule has 33 heavy (non-hydrogen) atoms. The first-order valence-electron chi connectivity index (χ1n) is 11.4. The number of likely N-dealkylation sites (tertiary alicyclic amines) is 1. The van der Waals surface area contributed by atoms with Crippen molar-refractivity contribution in [1.82, 2.24) is 19.0 Å². The summed E-state index contributed by atoms with van der Waals surface area (Å²) in [5.41, 5.74) is 6.74. The van der Waals surface area contributed by atoms with Gasteiger partial charge in [0.05, 0.1) is 11.0 Å². The van der Waals surface area contributed by atoms with E-state index in [1.165, 1.54) is 11.1 Å². The minimum Gasteiger partial charge on any atom is -0.338 e. The lowest BCUT2D eigenvalue weighted by Crippen LogP contribution is -2.28. The molecule has 1 saturated heterocycles. The highest BCUT2D eigenvalue weighted by Gasteiger charge is 2.29. The summed E-state index contributed by atoms with van der Waals surface area (Å²) in [6, 6.07) is 20.3. The molecule has 6 heteroatoms. The summed E-state index contributed by atoms with van der Waals surface area (Å²) >= 11 is 0. The molecule has 5 rings (SSSR count). The third-order valence-corrected chi connectivity index (χ3v) is 6.70. The van der Waals surface area contributed by atoms with Crippen molar-refractivity contribution in [3.05, 3.63) is 99.2 Å². The average molecular weight is 441 g/mol. The molecular weight excluding hydrogens is 412 g/mol. The molecule has 1 aliphatic heterocycles. The Bertz CT molecular complexity index is 1400. The molecule has 2 aromatic heterocycles. The van der Waals surface area contributed by atoms with E-state index in [-0.39, 0.29) is 17.5 Å². The predicted molar refractivity (Wildman–Crippen MR) is 130 cm³/mol. The highest BCUT2D eigenvalue weighted by atomic mass is 16.2. The minimum absolute atomic E-state index is 0.00728. The van der Waals surface area contributed by atoms with Crippen molar-refractivity contribution in [3.8, 4) is 0 Å². The van der Waals surface area contributed by atoms with Crippen molar-refractivity contribution in [1.29, 1.82) is 0 Å². The predicted octanol–water partition coefficient (Wildman–Crippen LogP) is 3.80. The van der Waals surface area contributed by atoms with E-state index in [0.717, 1.165) is 35.3 Å². The van der Waals surface area contributed by atoms with Crippen molar-refractivity contribution >= 4 is 16.9 Å². The van der Waals surface area contributed by atoms with Crippen LogP contribution in [-0.2, 0) is 20.5 Å². The number of carbonyl (C=O) groups excluding carboxylic acids is 1. The number of nitrogens with zero attached hydrogens (tertiary/aromatic N) is 4. The Labute approximate surface area is 193 Å². The van der Waals surface area contributed by atoms with Gasteiger partial charge in [-0.25, -0.2) is 4.79 Å². The summed E-state index contributed by atoms with van der Waals surface area (Å²) in [7, 11) is 3.49. The van der Waals surface area contributed by atoms with Crippen LogP contribution in [-0.4, -0.2) is 38.0 Å². The van der Waals surface area contributed by atoms with E-state index in [0.29, 0.717) is 18.7 Å². The van der Waals surface area contributed by atoms with Crippen molar-refractivity contribution in [2.24, 2.45) is 14.1 Å². The minimum atomic E-state index is -0.0901. The van der Waals surface area contributed by atoms with Gasteiger partial charge >= 0.3 is 5.69 Å². The van der Waals surface area contributed by atoms with Gasteiger partial charge in [0, 0.05) is 50.1 Å². The Hall–Kier alpha value is -3.67. The highest BCUT2D eigenvalue weighted by Crippen LogP contribution is 2.29. The molecule has 0 saturated carbocycles. The number of aromatic nitrogens is 3. The van der Waals surface area contributed by atoms with Crippen molar-refractivity contribution in [2.75, 3.05) is 13.1 Å². The number of imidazole rings is 1. The largest absolute Gasteiger partial charge is 0.338 e. The molecule has 4 aromatic rings. The zero-order chi connectivity index (χ0) is 23.1. The van der Waals surface area contributed by atoms with Gasteiger partial charge in [0.2, 0.25) is 0 Å². The third-order valence-electron chi connectivity index (χ3n) is 6.70. The van der Waals surface area contributed by atoms with Gasteiger partial charge in [-0.2, -0.15) is 0 Å². The first-order valence-corrected chi connectivity index (χ1v) is 11.4. The van der Waals surface area contributed by atoms with Crippen LogP contribution in [0.15, 0.2) is 65.5 Å². The Morgan fingerprint density at radius 1 is 0.970 bits per heavy atom. The highest BCUT2D eigenvalue weighted by molar-refractivity contribution is 5.97. The maximum absolute atomic E-state index is 13.3. The number of pyridine rings is 1. The molecule has 0 N–H and O–H groups in total. The van der Waals surface area contributed by atoms with E-state index in [1.807, 2.05) is 36.1 Å². The average Bonchev–Trinajstić information content (AvgIpc) is 3.39. The van der Waals surface area contributed by atoms with E-state index in [1.54, 1.807) is 23.2 Å². The fraction of sp³-hybridized carbons (Fsp3) is 0.296. The van der Waals surface area contributed by atoms with Crippen molar-refractivity contribution < 1.29 is 4.79 Å². The second-order valence-corrected chi connectivity index (χ2v) is 9.04. The fourth-order valence-corrected chi connectivity index (χ4v) is 4.92. The normalized spacial score (nSPS) is 16.0. The van der Waals surface area contributed by atoms with Crippen LogP contribution in [0.1, 0.15) is 45.2 Å².